The van der Waals surface area contributed by atoms with Crippen molar-refractivity contribution in [3.63, 3.8) is 0 Å². The Hall–Kier alpha value is -0.440. The van der Waals surface area contributed by atoms with Gasteiger partial charge in [0.1, 0.15) is 5.75 Å². The van der Waals surface area contributed by atoms with E-state index in [1.165, 1.54) is 0 Å². The number of ether oxygens (including phenoxy) is 1. The standard InChI is InChI=1S/C12H17Cl2NO/c13-10-5-6-11(14)12(9-10)16-8-4-2-1-3-7-15/h5-6,9H,1-4,7-8,15H2. The molecule has 0 radical (unpaired) electrons. The first-order chi connectivity index (χ1) is 7.74. The Morgan fingerprint density at radius 3 is 2.56 bits per heavy atom. The summed E-state index contributed by atoms with van der Waals surface area (Å²) < 4.78 is 5.55. The van der Waals surface area contributed by atoms with Gasteiger partial charge in [-0.25, -0.2) is 0 Å². The maximum absolute atomic E-state index is 5.96. The molecule has 0 aliphatic rings. The number of unbranched alkanes of at least 4 members (excludes halogenated alkanes) is 3. The average Bonchev–Trinajstić information content (AvgIpc) is 2.28. The molecule has 0 fully saturated rings. The molecule has 0 saturated carbocycles. The summed E-state index contributed by atoms with van der Waals surface area (Å²) in [5.74, 6) is 0.660. The fourth-order valence-electron chi connectivity index (χ4n) is 1.37. The Bertz CT molecular complexity index is 318. The van der Waals surface area contributed by atoms with E-state index in [9.17, 15) is 0 Å². The summed E-state index contributed by atoms with van der Waals surface area (Å²) in [7, 11) is 0. The van der Waals surface area contributed by atoms with Crippen LogP contribution < -0.4 is 10.5 Å². The molecule has 2 N–H and O–H groups in total. The highest BCUT2D eigenvalue weighted by Gasteiger charge is 2.01. The van der Waals surface area contributed by atoms with Gasteiger partial charge in [0.15, 0.2) is 0 Å². The van der Waals surface area contributed by atoms with Crippen molar-refractivity contribution in [1.82, 2.24) is 0 Å². The highest BCUT2D eigenvalue weighted by Crippen LogP contribution is 2.27. The van der Waals surface area contributed by atoms with Crippen LogP contribution in [0.2, 0.25) is 10.0 Å². The first-order valence-corrected chi connectivity index (χ1v) is 6.27. The number of hydrogen-bond acceptors (Lipinski definition) is 2. The molecule has 90 valence electrons. The molecule has 0 spiro atoms. The zero-order chi connectivity index (χ0) is 11.8. The van der Waals surface area contributed by atoms with Crippen LogP contribution in [-0.2, 0) is 0 Å². The van der Waals surface area contributed by atoms with Gasteiger partial charge in [0.05, 0.1) is 11.6 Å². The van der Waals surface area contributed by atoms with E-state index in [0.717, 1.165) is 32.2 Å². The lowest BCUT2D eigenvalue weighted by Crippen LogP contribution is -2.00. The second-order valence-corrected chi connectivity index (χ2v) is 4.47. The van der Waals surface area contributed by atoms with Crippen LogP contribution >= 0.6 is 23.2 Å². The Labute approximate surface area is 107 Å². The zero-order valence-electron chi connectivity index (χ0n) is 9.22. The van der Waals surface area contributed by atoms with Crippen molar-refractivity contribution >= 4 is 23.2 Å². The van der Waals surface area contributed by atoms with Gasteiger partial charge < -0.3 is 10.5 Å². The zero-order valence-corrected chi connectivity index (χ0v) is 10.7. The molecule has 0 aliphatic heterocycles. The lowest BCUT2D eigenvalue weighted by molar-refractivity contribution is 0.305. The van der Waals surface area contributed by atoms with Crippen LogP contribution in [0.1, 0.15) is 25.7 Å². The molecule has 0 atom stereocenters. The molecule has 0 aliphatic carbocycles. The minimum atomic E-state index is 0.603. The highest BCUT2D eigenvalue weighted by atomic mass is 35.5. The normalized spacial score (nSPS) is 10.4. The summed E-state index contributed by atoms with van der Waals surface area (Å²) in [5, 5.41) is 1.24. The molecule has 0 heterocycles. The van der Waals surface area contributed by atoms with Crippen molar-refractivity contribution in [2.45, 2.75) is 25.7 Å². The molecule has 1 aromatic carbocycles. The number of halogens is 2. The molecular weight excluding hydrogens is 245 g/mol. The van der Waals surface area contributed by atoms with Crippen LogP contribution in [0, 0.1) is 0 Å². The summed E-state index contributed by atoms with van der Waals surface area (Å²) in [6, 6.07) is 5.23. The Kier molecular flexibility index (Phi) is 6.62. The van der Waals surface area contributed by atoms with Gasteiger partial charge in [-0.2, -0.15) is 0 Å². The molecule has 0 unspecified atom stereocenters. The maximum Gasteiger partial charge on any atom is 0.139 e. The minimum Gasteiger partial charge on any atom is -0.492 e. The average molecular weight is 262 g/mol. The third kappa shape index (κ3) is 5.06. The summed E-state index contributed by atoms with van der Waals surface area (Å²) in [6.45, 7) is 1.44. The van der Waals surface area contributed by atoms with E-state index in [0.29, 0.717) is 22.4 Å². The molecule has 1 aromatic rings. The van der Waals surface area contributed by atoms with E-state index in [2.05, 4.69) is 0 Å². The monoisotopic (exact) mass is 261 g/mol. The van der Waals surface area contributed by atoms with Crippen LogP contribution in [0.25, 0.3) is 0 Å². The molecule has 0 saturated heterocycles. The van der Waals surface area contributed by atoms with E-state index < -0.39 is 0 Å². The molecule has 0 amide bonds. The van der Waals surface area contributed by atoms with Gasteiger partial charge in [-0.1, -0.05) is 36.0 Å². The predicted molar refractivity (Wildman–Crippen MR) is 69.5 cm³/mol. The second kappa shape index (κ2) is 7.77. The van der Waals surface area contributed by atoms with Crippen molar-refractivity contribution in [3.8, 4) is 5.75 Å². The third-order valence-corrected chi connectivity index (χ3v) is 2.80. The first-order valence-electron chi connectivity index (χ1n) is 5.52. The highest BCUT2D eigenvalue weighted by molar-refractivity contribution is 6.34. The van der Waals surface area contributed by atoms with Gasteiger partial charge in [0.2, 0.25) is 0 Å². The van der Waals surface area contributed by atoms with Crippen LogP contribution in [0.4, 0.5) is 0 Å². The fraction of sp³-hybridized carbons (Fsp3) is 0.500. The minimum absolute atomic E-state index is 0.603. The maximum atomic E-state index is 5.96. The van der Waals surface area contributed by atoms with E-state index in [1.54, 1.807) is 18.2 Å². The van der Waals surface area contributed by atoms with Gasteiger partial charge in [-0.3, -0.25) is 0 Å². The smallest absolute Gasteiger partial charge is 0.139 e. The number of rotatable bonds is 7. The van der Waals surface area contributed by atoms with E-state index in [4.69, 9.17) is 33.7 Å². The number of nitrogens with two attached hydrogens (primary N) is 1. The fourth-order valence-corrected chi connectivity index (χ4v) is 1.70. The summed E-state index contributed by atoms with van der Waals surface area (Å²) in [6.07, 6.45) is 4.39. The second-order valence-electron chi connectivity index (χ2n) is 3.63. The van der Waals surface area contributed by atoms with Crippen LogP contribution in [0.3, 0.4) is 0 Å². The Morgan fingerprint density at radius 2 is 1.81 bits per heavy atom. The van der Waals surface area contributed by atoms with Crippen LogP contribution in [0.5, 0.6) is 5.75 Å². The Morgan fingerprint density at radius 1 is 1.06 bits per heavy atom. The van der Waals surface area contributed by atoms with Crippen molar-refractivity contribution in [2.24, 2.45) is 5.73 Å². The Balaban J connectivity index is 2.23. The van der Waals surface area contributed by atoms with Crippen LogP contribution in [0.15, 0.2) is 18.2 Å². The molecule has 2 nitrogen and oxygen atoms in total. The molecular formula is C12H17Cl2NO. The van der Waals surface area contributed by atoms with E-state index in [1.807, 2.05) is 0 Å². The largest absolute Gasteiger partial charge is 0.492 e. The molecule has 4 heteroatoms. The third-order valence-electron chi connectivity index (χ3n) is 2.25. The van der Waals surface area contributed by atoms with Crippen molar-refractivity contribution in [1.29, 1.82) is 0 Å². The van der Waals surface area contributed by atoms with Gasteiger partial charge in [-0.15, -0.1) is 0 Å². The predicted octanol–water partition coefficient (Wildman–Crippen LogP) is 3.89. The lowest BCUT2D eigenvalue weighted by atomic mass is 10.2. The molecule has 0 bridgehead atoms. The lowest BCUT2D eigenvalue weighted by Gasteiger charge is -2.08. The molecule has 0 aromatic heterocycles. The molecule has 16 heavy (non-hydrogen) atoms. The molecule has 1 rings (SSSR count). The van der Waals surface area contributed by atoms with Crippen molar-refractivity contribution in [3.05, 3.63) is 28.2 Å². The van der Waals surface area contributed by atoms with E-state index in [-0.39, 0.29) is 0 Å². The number of hydrogen-bond donors (Lipinski definition) is 1. The van der Waals surface area contributed by atoms with E-state index >= 15 is 0 Å². The topological polar surface area (TPSA) is 35.2 Å². The van der Waals surface area contributed by atoms with Crippen LogP contribution in [-0.4, -0.2) is 13.2 Å². The summed E-state index contributed by atoms with van der Waals surface area (Å²) >= 11 is 11.8. The summed E-state index contributed by atoms with van der Waals surface area (Å²) in [5.41, 5.74) is 5.41. The van der Waals surface area contributed by atoms with Gasteiger partial charge in [0, 0.05) is 11.1 Å². The van der Waals surface area contributed by atoms with Crippen molar-refractivity contribution in [2.75, 3.05) is 13.2 Å². The van der Waals surface area contributed by atoms with Gasteiger partial charge >= 0.3 is 0 Å². The quantitative estimate of drug-likeness (QED) is 0.756. The van der Waals surface area contributed by atoms with Crippen molar-refractivity contribution < 1.29 is 4.74 Å². The van der Waals surface area contributed by atoms with Gasteiger partial charge in [0.25, 0.3) is 0 Å². The summed E-state index contributed by atoms with van der Waals surface area (Å²) in [4.78, 5) is 0. The first kappa shape index (κ1) is 13.6. The van der Waals surface area contributed by atoms with Gasteiger partial charge in [-0.05, 0) is 31.5 Å². The number of benzene rings is 1. The SMILES string of the molecule is NCCCCCCOc1cc(Cl)ccc1Cl.